The van der Waals surface area contributed by atoms with Crippen molar-refractivity contribution >= 4 is 6.09 Å². The molecule has 1 heterocycles. The number of rotatable bonds is 8. The van der Waals surface area contributed by atoms with Crippen LogP contribution < -0.4 is 14.8 Å². The topological polar surface area (TPSA) is 87.5 Å². The summed E-state index contributed by atoms with van der Waals surface area (Å²) in [6.07, 6.45) is 4.27. The zero-order valence-corrected chi connectivity index (χ0v) is 23.6. The number of ether oxygens (including phenoxy) is 3. The molecule has 1 N–H and O–H groups in total. The summed E-state index contributed by atoms with van der Waals surface area (Å²) in [6, 6.07) is 24.1. The first kappa shape index (κ1) is 27.2. The van der Waals surface area contributed by atoms with E-state index in [1.54, 1.807) is 17.2 Å². The van der Waals surface area contributed by atoms with Gasteiger partial charge in [-0.2, -0.15) is 15.0 Å². The number of hydrogen-bond acceptors (Lipinski definition) is 6. The summed E-state index contributed by atoms with van der Waals surface area (Å²) in [7, 11) is 0. The molecule has 1 saturated carbocycles. The summed E-state index contributed by atoms with van der Waals surface area (Å²) in [5, 5.41) is 11.1. The van der Waals surface area contributed by atoms with E-state index in [1.807, 2.05) is 69.3 Å². The Bertz CT molecular complexity index is 1400. The molecule has 0 saturated heterocycles. The van der Waals surface area contributed by atoms with E-state index < -0.39 is 0 Å². The van der Waals surface area contributed by atoms with Gasteiger partial charge in [0, 0.05) is 23.8 Å². The Morgan fingerprint density at radius 2 is 1.25 bits per heavy atom. The van der Waals surface area contributed by atoms with E-state index in [0.717, 1.165) is 22.9 Å². The van der Waals surface area contributed by atoms with Gasteiger partial charge in [-0.05, 0) is 80.4 Å². The molecule has 208 valence electrons. The van der Waals surface area contributed by atoms with Gasteiger partial charge in [0.1, 0.15) is 29.5 Å². The third-order valence-corrected chi connectivity index (χ3v) is 6.98. The summed E-state index contributed by atoms with van der Waals surface area (Å²) >= 11 is 0. The van der Waals surface area contributed by atoms with E-state index in [2.05, 4.69) is 53.6 Å². The van der Waals surface area contributed by atoms with Gasteiger partial charge in [-0.25, -0.2) is 4.79 Å². The minimum absolute atomic E-state index is 0.0530. The molecule has 1 aliphatic carbocycles. The van der Waals surface area contributed by atoms with E-state index in [0.29, 0.717) is 12.8 Å². The Hall–Kier alpha value is -4.33. The van der Waals surface area contributed by atoms with Gasteiger partial charge in [0.2, 0.25) is 0 Å². The first-order valence-electron chi connectivity index (χ1n) is 13.6. The van der Waals surface area contributed by atoms with Crippen molar-refractivity contribution in [2.45, 2.75) is 70.6 Å². The van der Waals surface area contributed by atoms with E-state index in [9.17, 15) is 4.79 Å². The predicted molar refractivity (Wildman–Crippen MR) is 153 cm³/mol. The van der Waals surface area contributed by atoms with E-state index in [-0.39, 0.29) is 29.3 Å². The fourth-order valence-electron chi connectivity index (χ4n) is 4.58. The van der Waals surface area contributed by atoms with Crippen LogP contribution in [0.5, 0.6) is 17.2 Å². The molecule has 0 unspecified atom stereocenters. The molecule has 4 aromatic rings. The third kappa shape index (κ3) is 6.62. The predicted octanol–water partition coefficient (Wildman–Crippen LogP) is 6.82. The highest BCUT2D eigenvalue weighted by Gasteiger charge is 2.34. The summed E-state index contributed by atoms with van der Waals surface area (Å²) in [5.41, 5.74) is 2.73. The molecule has 1 aliphatic rings. The normalized spacial score (nSPS) is 17.0. The maximum absolute atomic E-state index is 11.9. The standard InChI is InChI=1S/C32H36N4O4/c1-31(2,3)35-30(37)40-29-20-28(21-29)39-26-14-8-23(9-15-26)32(4,5)22-6-12-25(13-7-22)38-27-16-10-24(11-17-27)36-33-18-19-34-36/h6-19,28-29H,20-21H2,1-5H3,(H,35,37). The SMILES string of the molecule is CC(C)(C)NC(=O)OC1CC(Oc2ccc(C(C)(C)c3ccc(Oc4ccc(-n5nccn5)cc4)cc3)cc2)C1. The van der Waals surface area contributed by atoms with Crippen LogP contribution in [-0.4, -0.2) is 38.8 Å². The van der Waals surface area contributed by atoms with Crippen LogP contribution in [0, 0.1) is 0 Å². The lowest BCUT2D eigenvalue weighted by Gasteiger charge is -2.35. The number of carbonyl (C=O) groups excluding carboxylic acids is 1. The lowest BCUT2D eigenvalue weighted by Crippen LogP contribution is -2.46. The maximum atomic E-state index is 11.9. The molecular formula is C32H36N4O4. The minimum atomic E-state index is -0.375. The average Bonchev–Trinajstić information content (AvgIpc) is 3.43. The van der Waals surface area contributed by atoms with Gasteiger partial charge < -0.3 is 19.5 Å². The number of aromatic nitrogens is 3. The summed E-state index contributed by atoms with van der Waals surface area (Å²) in [4.78, 5) is 13.5. The summed E-state index contributed by atoms with van der Waals surface area (Å²) < 4.78 is 17.6. The van der Waals surface area contributed by atoms with Crippen molar-refractivity contribution in [3.63, 3.8) is 0 Å². The van der Waals surface area contributed by atoms with Crippen molar-refractivity contribution in [2.24, 2.45) is 0 Å². The molecule has 0 atom stereocenters. The van der Waals surface area contributed by atoms with Crippen LogP contribution >= 0.6 is 0 Å². The fraction of sp³-hybridized carbons (Fsp3) is 0.344. The van der Waals surface area contributed by atoms with E-state index in [1.165, 1.54) is 11.1 Å². The van der Waals surface area contributed by atoms with Crippen molar-refractivity contribution in [1.82, 2.24) is 20.3 Å². The highest BCUT2D eigenvalue weighted by Crippen LogP contribution is 2.35. The number of alkyl carbamates (subject to hydrolysis) is 1. The Kier molecular flexibility index (Phi) is 7.52. The second kappa shape index (κ2) is 11.0. The molecule has 0 spiro atoms. The zero-order chi connectivity index (χ0) is 28.3. The van der Waals surface area contributed by atoms with Gasteiger partial charge >= 0.3 is 6.09 Å². The van der Waals surface area contributed by atoms with Crippen molar-refractivity contribution in [3.8, 4) is 22.9 Å². The molecule has 5 rings (SSSR count). The van der Waals surface area contributed by atoms with Crippen molar-refractivity contribution in [3.05, 3.63) is 96.3 Å². The quantitative estimate of drug-likeness (QED) is 0.264. The second-order valence-electron chi connectivity index (χ2n) is 11.7. The first-order chi connectivity index (χ1) is 19.0. The monoisotopic (exact) mass is 540 g/mol. The van der Waals surface area contributed by atoms with Gasteiger partial charge in [0.05, 0.1) is 18.1 Å². The maximum Gasteiger partial charge on any atom is 0.407 e. The molecule has 3 aromatic carbocycles. The summed E-state index contributed by atoms with van der Waals surface area (Å²) in [6.45, 7) is 10.2. The Balaban J connectivity index is 1.13. The van der Waals surface area contributed by atoms with Gasteiger partial charge in [-0.3, -0.25) is 0 Å². The minimum Gasteiger partial charge on any atom is -0.490 e. The van der Waals surface area contributed by atoms with Crippen LogP contribution in [-0.2, 0) is 10.2 Å². The van der Waals surface area contributed by atoms with Gasteiger partial charge in [0.25, 0.3) is 0 Å². The first-order valence-corrected chi connectivity index (χ1v) is 13.6. The molecule has 40 heavy (non-hydrogen) atoms. The Morgan fingerprint density at radius 3 is 1.77 bits per heavy atom. The Labute approximate surface area is 235 Å². The molecule has 0 aliphatic heterocycles. The lowest BCUT2D eigenvalue weighted by atomic mass is 9.78. The lowest BCUT2D eigenvalue weighted by molar-refractivity contribution is -0.0243. The molecule has 1 fully saturated rings. The van der Waals surface area contributed by atoms with Crippen LogP contribution in [0.15, 0.2) is 85.2 Å². The average molecular weight is 541 g/mol. The van der Waals surface area contributed by atoms with Crippen LogP contribution in [0.3, 0.4) is 0 Å². The van der Waals surface area contributed by atoms with Crippen molar-refractivity contribution in [1.29, 1.82) is 0 Å². The van der Waals surface area contributed by atoms with Crippen LogP contribution in [0.4, 0.5) is 4.79 Å². The highest BCUT2D eigenvalue weighted by molar-refractivity contribution is 5.68. The van der Waals surface area contributed by atoms with Gasteiger partial charge in [0.15, 0.2) is 0 Å². The molecular weight excluding hydrogens is 504 g/mol. The fourth-order valence-corrected chi connectivity index (χ4v) is 4.58. The van der Waals surface area contributed by atoms with Gasteiger partial charge in [-0.1, -0.05) is 38.1 Å². The largest absolute Gasteiger partial charge is 0.490 e. The number of nitrogens with zero attached hydrogens (tertiary/aromatic N) is 3. The van der Waals surface area contributed by atoms with Crippen LogP contribution in [0.1, 0.15) is 58.6 Å². The smallest absolute Gasteiger partial charge is 0.407 e. The zero-order valence-electron chi connectivity index (χ0n) is 23.6. The number of nitrogens with one attached hydrogen (secondary N) is 1. The molecule has 0 radical (unpaired) electrons. The highest BCUT2D eigenvalue weighted by atomic mass is 16.6. The molecule has 1 aromatic heterocycles. The molecule has 1 amide bonds. The second-order valence-corrected chi connectivity index (χ2v) is 11.7. The summed E-state index contributed by atoms with van der Waals surface area (Å²) in [5.74, 6) is 2.34. The Morgan fingerprint density at radius 1 is 0.750 bits per heavy atom. The van der Waals surface area contributed by atoms with Crippen LogP contribution in [0.2, 0.25) is 0 Å². The molecule has 0 bridgehead atoms. The van der Waals surface area contributed by atoms with E-state index >= 15 is 0 Å². The number of hydrogen-bond donors (Lipinski definition) is 1. The number of carbonyl (C=O) groups is 1. The molecule has 8 heteroatoms. The van der Waals surface area contributed by atoms with Crippen LogP contribution in [0.25, 0.3) is 5.69 Å². The van der Waals surface area contributed by atoms with Crippen molar-refractivity contribution < 1.29 is 19.0 Å². The van der Waals surface area contributed by atoms with Gasteiger partial charge in [-0.15, -0.1) is 0 Å². The van der Waals surface area contributed by atoms with E-state index in [4.69, 9.17) is 14.2 Å². The third-order valence-electron chi connectivity index (χ3n) is 6.98. The molecule has 8 nitrogen and oxygen atoms in total. The number of benzene rings is 3. The van der Waals surface area contributed by atoms with Crippen molar-refractivity contribution in [2.75, 3.05) is 0 Å². The number of amides is 1.